The molecule has 1 atom stereocenters. The van der Waals surface area contributed by atoms with Gasteiger partial charge < -0.3 is 10.1 Å². The molecule has 6 nitrogen and oxygen atoms in total. The van der Waals surface area contributed by atoms with E-state index >= 15 is 0 Å². The lowest BCUT2D eigenvalue weighted by molar-refractivity contribution is -0.117. The number of hydrogen-bond donors (Lipinski definition) is 1. The molecule has 0 spiro atoms. The van der Waals surface area contributed by atoms with Gasteiger partial charge in [-0.15, -0.1) is 0 Å². The standard InChI is InChI=1S/C19H22ClFN2O4S/c1-4-17(19(24)22-16-8-6-7-9-18(16)27-5-2)23(28(3,25)26)13-10-11-15(21)14(20)12-13/h6-12,17H,4-5H2,1-3H3,(H,22,24)/t17-/m0/s1. The second-order valence-corrected chi connectivity index (χ2v) is 8.27. The Bertz CT molecular complexity index is 953. The van der Waals surface area contributed by atoms with Crippen molar-refractivity contribution in [1.29, 1.82) is 0 Å². The minimum absolute atomic E-state index is 0.106. The summed E-state index contributed by atoms with van der Waals surface area (Å²) in [6, 6.07) is 9.31. The van der Waals surface area contributed by atoms with E-state index < -0.39 is 27.8 Å². The van der Waals surface area contributed by atoms with Crippen LogP contribution in [0.2, 0.25) is 5.02 Å². The summed E-state index contributed by atoms with van der Waals surface area (Å²) in [4.78, 5) is 12.9. The second kappa shape index (κ2) is 9.25. The molecule has 9 heteroatoms. The quantitative estimate of drug-likeness (QED) is 0.687. The third-order valence-corrected chi connectivity index (χ3v) is 5.40. The number of carbonyl (C=O) groups excluding carboxylic acids is 1. The van der Waals surface area contributed by atoms with Crippen LogP contribution in [0.5, 0.6) is 5.75 Å². The van der Waals surface area contributed by atoms with Crippen LogP contribution in [0, 0.1) is 5.82 Å². The van der Waals surface area contributed by atoms with Crippen LogP contribution in [-0.4, -0.2) is 33.2 Å². The van der Waals surface area contributed by atoms with Crippen molar-refractivity contribution in [1.82, 2.24) is 0 Å². The number of para-hydroxylation sites is 2. The van der Waals surface area contributed by atoms with Crippen LogP contribution in [0.1, 0.15) is 20.3 Å². The summed E-state index contributed by atoms with van der Waals surface area (Å²) in [6.45, 7) is 3.91. The summed E-state index contributed by atoms with van der Waals surface area (Å²) >= 11 is 5.81. The minimum atomic E-state index is -3.86. The Morgan fingerprint density at radius 3 is 2.50 bits per heavy atom. The molecule has 0 saturated heterocycles. The van der Waals surface area contributed by atoms with Gasteiger partial charge in [0.05, 0.1) is 29.3 Å². The average Bonchev–Trinajstić information content (AvgIpc) is 2.62. The van der Waals surface area contributed by atoms with Crippen LogP contribution in [0.25, 0.3) is 0 Å². The van der Waals surface area contributed by atoms with Crippen LogP contribution in [-0.2, 0) is 14.8 Å². The molecule has 152 valence electrons. The largest absolute Gasteiger partial charge is 0.492 e. The molecular formula is C19H22ClFN2O4S. The molecule has 1 amide bonds. The van der Waals surface area contributed by atoms with Crippen molar-refractivity contribution < 1.29 is 22.3 Å². The van der Waals surface area contributed by atoms with Crippen molar-refractivity contribution in [3.63, 3.8) is 0 Å². The van der Waals surface area contributed by atoms with E-state index in [1.165, 1.54) is 12.1 Å². The predicted octanol–water partition coefficient (Wildman–Crippen LogP) is 4.06. The molecule has 2 rings (SSSR count). The zero-order valence-corrected chi connectivity index (χ0v) is 17.3. The first-order chi connectivity index (χ1) is 13.2. The molecule has 0 unspecified atom stereocenters. The number of rotatable bonds is 8. The van der Waals surface area contributed by atoms with Gasteiger partial charge in [-0.05, 0) is 43.7 Å². The van der Waals surface area contributed by atoms with E-state index in [0.29, 0.717) is 18.0 Å². The fraction of sp³-hybridized carbons (Fsp3) is 0.316. The highest BCUT2D eigenvalue weighted by molar-refractivity contribution is 7.92. The molecule has 2 aromatic rings. The van der Waals surface area contributed by atoms with E-state index in [0.717, 1.165) is 16.6 Å². The van der Waals surface area contributed by atoms with E-state index in [1.807, 2.05) is 6.92 Å². The van der Waals surface area contributed by atoms with Gasteiger partial charge in [-0.3, -0.25) is 9.10 Å². The van der Waals surface area contributed by atoms with E-state index in [9.17, 15) is 17.6 Å². The third-order valence-electron chi connectivity index (χ3n) is 3.93. The van der Waals surface area contributed by atoms with Crippen molar-refractivity contribution in [3.8, 4) is 5.75 Å². The number of halogens is 2. The number of ether oxygens (including phenoxy) is 1. The molecule has 1 N–H and O–H groups in total. The smallest absolute Gasteiger partial charge is 0.248 e. The Balaban J connectivity index is 2.41. The molecule has 2 aromatic carbocycles. The highest BCUT2D eigenvalue weighted by Crippen LogP contribution is 2.29. The molecular weight excluding hydrogens is 407 g/mol. The molecule has 28 heavy (non-hydrogen) atoms. The van der Waals surface area contributed by atoms with Crippen LogP contribution in [0.15, 0.2) is 42.5 Å². The van der Waals surface area contributed by atoms with Crippen LogP contribution >= 0.6 is 11.6 Å². The summed E-state index contributed by atoms with van der Waals surface area (Å²) in [5.74, 6) is -0.744. The zero-order chi connectivity index (χ0) is 20.9. The topological polar surface area (TPSA) is 75.7 Å². The summed E-state index contributed by atoms with van der Waals surface area (Å²) in [6.07, 6.45) is 1.17. The maximum Gasteiger partial charge on any atom is 0.248 e. The first kappa shape index (κ1) is 22.0. The van der Waals surface area contributed by atoms with Crippen molar-refractivity contribution in [3.05, 3.63) is 53.3 Å². The number of carbonyl (C=O) groups is 1. The van der Waals surface area contributed by atoms with Crippen molar-refractivity contribution >= 4 is 38.9 Å². The van der Waals surface area contributed by atoms with Gasteiger partial charge in [0, 0.05) is 0 Å². The normalized spacial score (nSPS) is 12.3. The predicted molar refractivity (Wildman–Crippen MR) is 109 cm³/mol. The maximum atomic E-state index is 13.5. The average molecular weight is 429 g/mol. The van der Waals surface area contributed by atoms with E-state index in [2.05, 4.69) is 5.32 Å². The van der Waals surface area contributed by atoms with E-state index in [-0.39, 0.29) is 17.1 Å². The number of amides is 1. The highest BCUT2D eigenvalue weighted by Gasteiger charge is 2.32. The van der Waals surface area contributed by atoms with Crippen molar-refractivity contribution in [2.75, 3.05) is 22.5 Å². The Kier molecular flexibility index (Phi) is 7.26. The highest BCUT2D eigenvalue weighted by atomic mass is 35.5. The lowest BCUT2D eigenvalue weighted by atomic mass is 10.1. The summed E-state index contributed by atoms with van der Waals surface area (Å²) in [7, 11) is -3.86. The number of hydrogen-bond acceptors (Lipinski definition) is 4. The number of nitrogens with one attached hydrogen (secondary N) is 1. The van der Waals surface area contributed by atoms with Gasteiger partial charge in [0.25, 0.3) is 0 Å². The molecule has 0 aliphatic heterocycles. The monoisotopic (exact) mass is 428 g/mol. The SMILES string of the molecule is CCOc1ccccc1NC(=O)[C@H](CC)N(c1ccc(F)c(Cl)c1)S(C)(=O)=O. The second-order valence-electron chi connectivity index (χ2n) is 6.00. The third kappa shape index (κ3) is 5.14. The molecule has 0 bridgehead atoms. The Morgan fingerprint density at radius 1 is 1.25 bits per heavy atom. The molecule has 0 saturated carbocycles. The van der Waals surface area contributed by atoms with E-state index in [1.54, 1.807) is 31.2 Å². The summed E-state index contributed by atoms with van der Waals surface area (Å²) in [5.41, 5.74) is 0.535. The van der Waals surface area contributed by atoms with Gasteiger partial charge in [0.2, 0.25) is 15.9 Å². The van der Waals surface area contributed by atoms with Crippen LogP contribution in [0.3, 0.4) is 0 Å². The van der Waals surface area contributed by atoms with Gasteiger partial charge >= 0.3 is 0 Å². The van der Waals surface area contributed by atoms with Gasteiger partial charge in [-0.2, -0.15) is 0 Å². The molecule has 0 aromatic heterocycles. The van der Waals surface area contributed by atoms with Crippen molar-refractivity contribution in [2.45, 2.75) is 26.3 Å². The lowest BCUT2D eigenvalue weighted by Crippen LogP contribution is -2.47. The fourth-order valence-corrected chi connectivity index (χ4v) is 4.13. The van der Waals surface area contributed by atoms with E-state index in [4.69, 9.17) is 16.3 Å². The van der Waals surface area contributed by atoms with Gasteiger partial charge in [0.1, 0.15) is 17.6 Å². The van der Waals surface area contributed by atoms with Crippen LogP contribution < -0.4 is 14.4 Å². The number of anilines is 2. The van der Waals surface area contributed by atoms with Gasteiger partial charge in [-0.1, -0.05) is 30.7 Å². The number of nitrogens with zero attached hydrogens (tertiary/aromatic N) is 1. The van der Waals surface area contributed by atoms with Crippen LogP contribution in [0.4, 0.5) is 15.8 Å². The van der Waals surface area contributed by atoms with Crippen molar-refractivity contribution in [2.24, 2.45) is 0 Å². The molecule has 0 heterocycles. The molecule has 0 fully saturated rings. The fourth-order valence-electron chi connectivity index (χ4n) is 2.75. The molecule has 0 aliphatic carbocycles. The Hall–Kier alpha value is -2.32. The summed E-state index contributed by atoms with van der Waals surface area (Å²) in [5, 5.41) is 2.48. The first-order valence-electron chi connectivity index (χ1n) is 8.66. The number of sulfonamides is 1. The Morgan fingerprint density at radius 2 is 1.93 bits per heavy atom. The van der Waals surface area contributed by atoms with Gasteiger partial charge in [-0.25, -0.2) is 12.8 Å². The number of benzene rings is 2. The lowest BCUT2D eigenvalue weighted by Gasteiger charge is -2.30. The zero-order valence-electron chi connectivity index (χ0n) is 15.8. The van der Waals surface area contributed by atoms with Gasteiger partial charge in [0.15, 0.2) is 0 Å². The Labute approximate surface area is 169 Å². The summed E-state index contributed by atoms with van der Waals surface area (Å²) < 4.78 is 44.8. The molecule has 0 aliphatic rings. The minimum Gasteiger partial charge on any atom is -0.492 e. The maximum absolute atomic E-state index is 13.5. The first-order valence-corrected chi connectivity index (χ1v) is 10.9. The molecule has 0 radical (unpaired) electrons.